The monoisotopic (exact) mass is 409 g/mol. The standard InChI is InChI=1S/C22H27N5O3/c1-14-8-15(16-11-24-27(12-16)13-18(28)20(29)30-5)10-17(9-14)25-21-23-7-6-19(26-21)22(2,3)4/h6-12,18,28H,13H2,1-5H3,(H,23,25,26)/t18-/m0/s1. The molecule has 158 valence electrons. The third kappa shape index (κ3) is 5.21. The van der Waals surface area contributed by atoms with Crippen LogP contribution in [0.4, 0.5) is 11.6 Å². The Hall–Kier alpha value is -3.26. The van der Waals surface area contributed by atoms with Crippen LogP contribution in [-0.2, 0) is 21.5 Å². The molecule has 0 amide bonds. The third-order valence-electron chi connectivity index (χ3n) is 4.56. The summed E-state index contributed by atoms with van der Waals surface area (Å²) in [6.45, 7) is 8.36. The number of hydrogen-bond acceptors (Lipinski definition) is 7. The lowest BCUT2D eigenvalue weighted by Gasteiger charge is -2.18. The fourth-order valence-corrected chi connectivity index (χ4v) is 2.99. The molecule has 0 aliphatic carbocycles. The molecule has 0 aliphatic heterocycles. The number of benzene rings is 1. The van der Waals surface area contributed by atoms with Gasteiger partial charge >= 0.3 is 5.97 Å². The van der Waals surface area contributed by atoms with Gasteiger partial charge in [0.25, 0.3) is 0 Å². The molecular formula is C22H27N5O3. The van der Waals surface area contributed by atoms with E-state index in [0.717, 1.165) is 28.1 Å². The number of rotatable bonds is 6. The van der Waals surface area contributed by atoms with Crippen LogP contribution in [0, 0.1) is 6.92 Å². The Morgan fingerprint density at radius 1 is 1.27 bits per heavy atom. The van der Waals surface area contributed by atoms with E-state index in [-0.39, 0.29) is 12.0 Å². The fourth-order valence-electron chi connectivity index (χ4n) is 2.99. The quantitative estimate of drug-likeness (QED) is 0.603. The van der Waals surface area contributed by atoms with E-state index >= 15 is 0 Å². The molecule has 1 aromatic carbocycles. The van der Waals surface area contributed by atoms with Crippen LogP contribution in [0.25, 0.3) is 11.1 Å². The lowest BCUT2D eigenvalue weighted by atomic mass is 9.92. The van der Waals surface area contributed by atoms with Gasteiger partial charge in [-0.3, -0.25) is 4.68 Å². The molecule has 1 atom stereocenters. The highest BCUT2D eigenvalue weighted by molar-refractivity contribution is 5.74. The van der Waals surface area contributed by atoms with Crippen LogP contribution in [0.1, 0.15) is 32.0 Å². The van der Waals surface area contributed by atoms with E-state index in [2.05, 4.69) is 45.9 Å². The average molecular weight is 409 g/mol. The van der Waals surface area contributed by atoms with Gasteiger partial charge in [0.15, 0.2) is 6.10 Å². The van der Waals surface area contributed by atoms with Gasteiger partial charge in [-0.15, -0.1) is 0 Å². The Labute approximate surface area is 175 Å². The normalized spacial score (nSPS) is 12.5. The molecule has 2 aromatic heterocycles. The second kappa shape index (κ2) is 8.62. The maximum atomic E-state index is 11.4. The van der Waals surface area contributed by atoms with Crippen LogP contribution in [-0.4, -0.2) is 44.0 Å². The minimum absolute atomic E-state index is 0.0248. The van der Waals surface area contributed by atoms with E-state index in [1.807, 2.05) is 31.2 Å². The topological polar surface area (TPSA) is 102 Å². The summed E-state index contributed by atoms with van der Waals surface area (Å²) in [5.74, 6) is -0.151. The summed E-state index contributed by atoms with van der Waals surface area (Å²) >= 11 is 0. The summed E-state index contributed by atoms with van der Waals surface area (Å²) in [5, 5.41) is 17.3. The molecule has 8 heteroatoms. The van der Waals surface area contributed by atoms with E-state index in [4.69, 9.17) is 0 Å². The highest BCUT2D eigenvalue weighted by Crippen LogP contribution is 2.27. The van der Waals surface area contributed by atoms with Gasteiger partial charge in [-0.05, 0) is 36.2 Å². The van der Waals surface area contributed by atoms with Crippen LogP contribution in [0.15, 0.2) is 42.9 Å². The molecule has 0 bridgehead atoms. The number of ether oxygens (including phenoxy) is 1. The van der Waals surface area contributed by atoms with Gasteiger partial charge in [0.2, 0.25) is 5.95 Å². The molecule has 30 heavy (non-hydrogen) atoms. The molecular weight excluding hydrogens is 382 g/mol. The minimum Gasteiger partial charge on any atom is -0.467 e. The molecule has 0 aliphatic rings. The summed E-state index contributed by atoms with van der Waals surface area (Å²) < 4.78 is 6.06. The van der Waals surface area contributed by atoms with Gasteiger partial charge in [-0.25, -0.2) is 14.8 Å². The van der Waals surface area contributed by atoms with Gasteiger partial charge in [-0.2, -0.15) is 5.10 Å². The Kier molecular flexibility index (Phi) is 6.17. The number of nitrogens with one attached hydrogen (secondary N) is 1. The highest BCUT2D eigenvalue weighted by atomic mass is 16.5. The van der Waals surface area contributed by atoms with Crippen molar-refractivity contribution in [2.75, 3.05) is 12.4 Å². The largest absolute Gasteiger partial charge is 0.467 e. The van der Waals surface area contributed by atoms with Crippen LogP contribution < -0.4 is 5.32 Å². The van der Waals surface area contributed by atoms with Crippen molar-refractivity contribution in [3.8, 4) is 11.1 Å². The van der Waals surface area contributed by atoms with Crippen molar-refractivity contribution in [3.63, 3.8) is 0 Å². The molecule has 3 rings (SSSR count). The number of aliphatic hydroxyl groups is 1. The number of aryl methyl sites for hydroxylation is 1. The second-order valence-electron chi connectivity index (χ2n) is 8.22. The average Bonchev–Trinajstić information content (AvgIpc) is 3.15. The van der Waals surface area contributed by atoms with Crippen molar-refractivity contribution in [2.24, 2.45) is 0 Å². The number of aromatic nitrogens is 4. The predicted octanol–water partition coefficient (Wildman–Crippen LogP) is 3.22. The number of aliphatic hydroxyl groups excluding tert-OH is 1. The van der Waals surface area contributed by atoms with Crippen LogP contribution >= 0.6 is 0 Å². The lowest BCUT2D eigenvalue weighted by Crippen LogP contribution is -2.27. The Bertz CT molecular complexity index is 1040. The number of anilines is 2. The minimum atomic E-state index is -1.26. The summed E-state index contributed by atoms with van der Waals surface area (Å²) in [6.07, 6.45) is 3.97. The van der Waals surface area contributed by atoms with Gasteiger partial charge in [0, 0.05) is 29.1 Å². The number of methoxy groups -OCH3 is 1. The van der Waals surface area contributed by atoms with Crippen LogP contribution in [0.5, 0.6) is 0 Å². The van der Waals surface area contributed by atoms with E-state index in [1.165, 1.54) is 11.8 Å². The van der Waals surface area contributed by atoms with Gasteiger partial charge < -0.3 is 15.2 Å². The van der Waals surface area contributed by atoms with Crippen molar-refractivity contribution >= 4 is 17.6 Å². The zero-order chi connectivity index (χ0) is 21.9. The first-order chi connectivity index (χ1) is 14.2. The van der Waals surface area contributed by atoms with Gasteiger partial charge in [-0.1, -0.05) is 26.8 Å². The molecule has 2 heterocycles. The first kappa shape index (κ1) is 21.4. The number of hydrogen-bond donors (Lipinski definition) is 2. The first-order valence-corrected chi connectivity index (χ1v) is 9.66. The third-order valence-corrected chi connectivity index (χ3v) is 4.56. The summed E-state index contributed by atoms with van der Waals surface area (Å²) in [4.78, 5) is 20.4. The number of nitrogens with zero attached hydrogens (tertiary/aromatic N) is 4. The van der Waals surface area contributed by atoms with Crippen molar-refractivity contribution in [2.45, 2.75) is 45.8 Å². The molecule has 0 fully saturated rings. The molecule has 0 radical (unpaired) electrons. The summed E-state index contributed by atoms with van der Waals surface area (Å²) in [6, 6.07) is 7.96. The van der Waals surface area contributed by atoms with Crippen molar-refractivity contribution in [3.05, 3.63) is 54.1 Å². The lowest BCUT2D eigenvalue weighted by molar-refractivity contribution is -0.151. The van der Waals surface area contributed by atoms with E-state index in [1.54, 1.807) is 18.6 Å². The van der Waals surface area contributed by atoms with Crippen LogP contribution in [0.3, 0.4) is 0 Å². The molecule has 2 N–H and O–H groups in total. The Balaban J connectivity index is 1.82. The zero-order valence-electron chi connectivity index (χ0n) is 17.9. The van der Waals surface area contributed by atoms with E-state index < -0.39 is 12.1 Å². The number of esters is 1. The van der Waals surface area contributed by atoms with E-state index in [9.17, 15) is 9.90 Å². The molecule has 8 nitrogen and oxygen atoms in total. The number of carbonyl (C=O) groups excluding carboxylic acids is 1. The van der Waals surface area contributed by atoms with Crippen molar-refractivity contribution < 1.29 is 14.6 Å². The van der Waals surface area contributed by atoms with Crippen molar-refractivity contribution in [1.82, 2.24) is 19.7 Å². The first-order valence-electron chi connectivity index (χ1n) is 9.66. The SMILES string of the molecule is COC(=O)[C@@H](O)Cn1cc(-c2cc(C)cc(Nc3nccc(C(C)(C)C)n3)c2)cn1. The molecule has 3 aromatic rings. The Morgan fingerprint density at radius 2 is 2.03 bits per heavy atom. The molecule has 0 unspecified atom stereocenters. The van der Waals surface area contributed by atoms with E-state index in [0.29, 0.717) is 5.95 Å². The second-order valence-corrected chi connectivity index (χ2v) is 8.22. The number of carbonyl (C=O) groups is 1. The molecule has 0 saturated carbocycles. The van der Waals surface area contributed by atoms with Gasteiger partial charge in [0.05, 0.1) is 25.5 Å². The molecule has 0 saturated heterocycles. The highest BCUT2D eigenvalue weighted by Gasteiger charge is 2.17. The Morgan fingerprint density at radius 3 is 2.73 bits per heavy atom. The fraction of sp³-hybridized carbons (Fsp3) is 0.364. The zero-order valence-corrected chi connectivity index (χ0v) is 17.9. The molecule has 0 spiro atoms. The van der Waals surface area contributed by atoms with Crippen LogP contribution in [0.2, 0.25) is 0 Å². The predicted molar refractivity (Wildman–Crippen MR) is 114 cm³/mol. The summed E-state index contributed by atoms with van der Waals surface area (Å²) in [7, 11) is 1.24. The smallest absolute Gasteiger partial charge is 0.336 e. The maximum absolute atomic E-state index is 11.4. The van der Waals surface area contributed by atoms with Crippen molar-refractivity contribution in [1.29, 1.82) is 0 Å². The maximum Gasteiger partial charge on any atom is 0.336 e. The summed E-state index contributed by atoms with van der Waals surface area (Å²) in [5.41, 5.74) is 4.62. The van der Waals surface area contributed by atoms with Gasteiger partial charge in [0.1, 0.15) is 0 Å².